The Morgan fingerprint density at radius 1 is 0.359 bits per heavy atom. The van der Waals surface area contributed by atoms with Crippen molar-refractivity contribution in [3.05, 3.63) is 164 Å². The van der Waals surface area contributed by atoms with Gasteiger partial charge in [0.1, 0.15) is 58.1 Å². The van der Waals surface area contributed by atoms with Crippen LogP contribution < -0.4 is 29.6 Å². The van der Waals surface area contributed by atoms with Crippen molar-refractivity contribution >= 4 is 78.5 Å². The van der Waals surface area contributed by atoms with Crippen LogP contribution in [0.5, 0.6) is 46.0 Å². The summed E-state index contributed by atoms with van der Waals surface area (Å²) in [5.41, 5.74) is 7.81. The molecule has 6 amide bonds. The normalized spacial score (nSPS) is 16.1. The van der Waals surface area contributed by atoms with Gasteiger partial charge in [-0.05, 0) is 223 Å². The largest absolute Gasteiger partial charge is 0.457 e. The van der Waals surface area contributed by atoms with E-state index in [1.54, 1.807) is 24.3 Å². The second-order valence-corrected chi connectivity index (χ2v) is 26.6. The number of rotatable bonds is 18. The summed E-state index contributed by atoms with van der Waals surface area (Å²) in [6, 6.07) is 27.9. The molecule has 9 aromatic rings. The first-order valence-electron chi connectivity index (χ1n) is 33.0. The number of carbonyl (C=O) groups excluding carboxylic acids is 6. The van der Waals surface area contributed by atoms with Crippen LogP contribution in [-0.4, -0.2) is 70.4 Å². The third-order valence-electron chi connectivity index (χ3n) is 19.0. The smallest absolute Gasteiger partial charge is 0.262 e. The van der Waals surface area contributed by atoms with E-state index < -0.39 is 47.5 Å². The average molecular weight is 1230 g/mol. The first kappa shape index (κ1) is 61.6. The summed E-state index contributed by atoms with van der Waals surface area (Å²) in [4.78, 5) is 97.6. The van der Waals surface area contributed by atoms with E-state index in [4.69, 9.17) is 18.9 Å². The van der Waals surface area contributed by atoms with Gasteiger partial charge < -0.3 is 29.6 Å². The standard InChI is InChI=1S/C78H80N4O10/c1-11-23-79-73(83)71(49-19-15-13-16-20-49)81-75(85)55-37-59(89-51-29-41(3)25-42(4)30-51)65-67-61(91-53-33-45(7)27-46(8)34-53)39-57-64-58(78(88)82(77(57)87)72(74(84)80-24-12-2)50-21-17-14-18-22-50)40-62(92-54-35-47(9)28-48(10)36-54)68(70(64)67)66-60(38-56(76(81)86)63(55)69(65)66)90-52-31-43(5)26-44(6)32-52/h25-40,49-50,71-72H,11-24H2,1-10H3,(H,79,83)(H,80,84). The molecule has 472 valence electrons. The maximum atomic E-state index is 16.3. The lowest BCUT2D eigenvalue weighted by molar-refractivity contribution is -0.127. The van der Waals surface area contributed by atoms with Crippen molar-refractivity contribution < 1.29 is 47.7 Å². The predicted molar refractivity (Wildman–Crippen MR) is 360 cm³/mol. The third-order valence-corrected chi connectivity index (χ3v) is 19.0. The molecule has 2 aliphatic heterocycles. The monoisotopic (exact) mass is 1230 g/mol. The molecule has 92 heavy (non-hydrogen) atoms. The number of nitrogens with zero attached hydrogens (tertiary/aromatic N) is 2. The highest BCUT2D eigenvalue weighted by Gasteiger charge is 2.49. The van der Waals surface area contributed by atoms with Gasteiger partial charge in [0.2, 0.25) is 11.8 Å². The molecule has 0 spiro atoms. The second-order valence-electron chi connectivity index (χ2n) is 26.6. The molecule has 0 radical (unpaired) electrons. The summed E-state index contributed by atoms with van der Waals surface area (Å²) < 4.78 is 29.4. The number of hydrogen-bond donors (Lipinski definition) is 2. The maximum Gasteiger partial charge on any atom is 0.262 e. The minimum atomic E-state index is -1.14. The zero-order chi connectivity index (χ0) is 64.5. The SMILES string of the molecule is CCCNC(=O)C(C1CCCCC1)N1C(=O)c2cc(Oc3cc(C)cc(C)c3)c3c4c(Oc5cc(C)cc(C)c5)cc5c6c(cc(Oc7cc(C)cc(C)c7)c(c7c(Oc8cc(C)cc(C)c8)cc(c2c37)C1=O)c64)C(=O)N(C(C(=O)NCCC)C1CCCCC1)C5=O. The minimum Gasteiger partial charge on any atom is -0.457 e. The van der Waals surface area contributed by atoms with E-state index in [0.717, 1.165) is 83.0 Å². The van der Waals surface area contributed by atoms with Gasteiger partial charge >= 0.3 is 0 Å². The molecular weight excluding hydrogens is 1150 g/mol. The number of amides is 6. The molecule has 9 aromatic carbocycles. The van der Waals surface area contributed by atoms with Crippen molar-refractivity contribution in [2.75, 3.05) is 13.1 Å². The summed E-state index contributed by atoms with van der Waals surface area (Å²) in [6.07, 6.45) is 9.23. The highest BCUT2D eigenvalue weighted by molar-refractivity contribution is 6.45. The number of ether oxygens (including phenoxy) is 4. The van der Waals surface area contributed by atoms with Gasteiger partial charge in [-0.1, -0.05) is 76.6 Å². The first-order valence-corrected chi connectivity index (χ1v) is 33.0. The molecule has 2 aliphatic carbocycles. The van der Waals surface area contributed by atoms with E-state index in [2.05, 4.69) is 10.6 Å². The molecular formula is C78H80N4O10. The van der Waals surface area contributed by atoms with Gasteiger partial charge in [-0.2, -0.15) is 0 Å². The lowest BCUT2D eigenvalue weighted by atomic mass is 9.78. The number of aryl methyl sites for hydroxylation is 8. The zero-order valence-corrected chi connectivity index (χ0v) is 54.4. The van der Waals surface area contributed by atoms with Crippen molar-refractivity contribution in [3.8, 4) is 46.0 Å². The van der Waals surface area contributed by atoms with Gasteiger partial charge in [-0.3, -0.25) is 38.6 Å². The Morgan fingerprint density at radius 2 is 0.598 bits per heavy atom. The second kappa shape index (κ2) is 24.7. The fourth-order valence-corrected chi connectivity index (χ4v) is 15.5. The molecule has 0 aromatic heterocycles. The Labute approximate surface area is 537 Å². The summed E-state index contributed by atoms with van der Waals surface area (Å²) in [7, 11) is 0. The van der Waals surface area contributed by atoms with Crippen LogP contribution in [-0.2, 0) is 9.59 Å². The molecule has 0 bridgehead atoms. The van der Waals surface area contributed by atoms with Crippen LogP contribution in [0.4, 0.5) is 0 Å². The quantitative estimate of drug-likeness (QED) is 0.0479. The van der Waals surface area contributed by atoms with Gasteiger partial charge in [0.15, 0.2) is 0 Å². The van der Waals surface area contributed by atoms with E-state index in [-0.39, 0.29) is 57.1 Å². The number of carbonyl (C=O) groups is 6. The Bertz CT molecular complexity index is 3950. The van der Waals surface area contributed by atoms with Crippen molar-refractivity contribution in [3.63, 3.8) is 0 Å². The number of fused-ring (bicyclic) bond motifs is 2. The van der Waals surface area contributed by atoms with Crippen molar-refractivity contribution in [2.45, 2.75) is 158 Å². The Balaban J connectivity index is 1.23. The summed E-state index contributed by atoms with van der Waals surface area (Å²) in [5.74, 6) is -1.48. The highest BCUT2D eigenvalue weighted by atomic mass is 16.5. The highest BCUT2D eigenvalue weighted by Crippen LogP contribution is 2.58. The molecule has 14 nitrogen and oxygen atoms in total. The van der Waals surface area contributed by atoms with Crippen molar-refractivity contribution in [1.82, 2.24) is 20.4 Å². The van der Waals surface area contributed by atoms with Crippen LogP contribution in [0.15, 0.2) is 97.1 Å². The molecule has 13 rings (SSSR count). The summed E-state index contributed by atoms with van der Waals surface area (Å²) in [5, 5.41) is 9.06. The number of hydrogen-bond acceptors (Lipinski definition) is 10. The minimum absolute atomic E-state index is 0.125. The molecule has 2 fully saturated rings. The van der Waals surface area contributed by atoms with Crippen LogP contribution in [0, 0.1) is 67.2 Å². The summed E-state index contributed by atoms with van der Waals surface area (Å²) >= 11 is 0. The average Bonchev–Trinajstić information content (AvgIpc) is 0.672. The Kier molecular flexibility index (Phi) is 16.5. The molecule has 14 heteroatoms. The molecule has 4 aliphatic rings. The molecule has 0 saturated heterocycles. The van der Waals surface area contributed by atoms with Crippen LogP contribution in [0.3, 0.4) is 0 Å². The number of benzene rings is 9. The Hall–Kier alpha value is -9.30. The van der Waals surface area contributed by atoms with E-state index in [1.807, 2.05) is 142 Å². The van der Waals surface area contributed by atoms with Gasteiger partial charge in [0.25, 0.3) is 23.6 Å². The maximum absolute atomic E-state index is 16.3. The van der Waals surface area contributed by atoms with Gasteiger partial charge in [-0.25, -0.2) is 0 Å². The van der Waals surface area contributed by atoms with E-state index in [1.165, 1.54) is 9.80 Å². The predicted octanol–water partition coefficient (Wildman–Crippen LogP) is 17.5. The zero-order valence-electron chi connectivity index (χ0n) is 54.4. The lowest BCUT2D eigenvalue weighted by Gasteiger charge is -2.39. The van der Waals surface area contributed by atoms with Gasteiger partial charge in [-0.15, -0.1) is 0 Å². The molecule has 2 unspecified atom stereocenters. The van der Waals surface area contributed by atoms with E-state index in [9.17, 15) is 9.59 Å². The summed E-state index contributed by atoms with van der Waals surface area (Å²) in [6.45, 7) is 20.5. The molecule has 2 N–H and O–H groups in total. The molecule has 2 saturated carbocycles. The fraction of sp³-hybridized carbons (Fsp3) is 0.359. The third kappa shape index (κ3) is 11.1. The number of nitrogens with one attached hydrogen (secondary N) is 2. The van der Waals surface area contributed by atoms with Crippen molar-refractivity contribution in [1.29, 1.82) is 0 Å². The van der Waals surface area contributed by atoms with Crippen LogP contribution >= 0.6 is 0 Å². The van der Waals surface area contributed by atoms with Crippen LogP contribution in [0.2, 0.25) is 0 Å². The van der Waals surface area contributed by atoms with E-state index in [0.29, 0.717) is 118 Å². The van der Waals surface area contributed by atoms with E-state index >= 15 is 19.2 Å². The molecule has 2 heterocycles. The topological polar surface area (TPSA) is 170 Å². The van der Waals surface area contributed by atoms with Gasteiger partial charge in [0.05, 0.1) is 22.3 Å². The van der Waals surface area contributed by atoms with Gasteiger partial charge in [0, 0.05) is 56.2 Å². The van der Waals surface area contributed by atoms with Crippen LogP contribution in [0.1, 0.15) is 177 Å². The molecule has 2 atom stereocenters. The van der Waals surface area contributed by atoms with Crippen molar-refractivity contribution in [2.24, 2.45) is 11.8 Å². The Morgan fingerprint density at radius 3 is 0.826 bits per heavy atom. The number of imide groups is 2. The first-order chi connectivity index (χ1) is 44.3. The lowest BCUT2D eigenvalue weighted by Crippen LogP contribution is -2.57. The van der Waals surface area contributed by atoms with Crippen LogP contribution in [0.25, 0.3) is 43.1 Å². The fourth-order valence-electron chi connectivity index (χ4n) is 15.5.